The lowest BCUT2D eigenvalue weighted by Crippen LogP contribution is -2.31. The van der Waals surface area contributed by atoms with Gasteiger partial charge in [-0.15, -0.1) is 0 Å². The Morgan fingerprint density at radius 1 is 1.17 bits per heavy atom. The molecule has 1 aliphatic heterocycles. The zero-order valence-electron chi connectivity index (χ0n) is 16.6. The van der Waals surface area contributed by atoms with Crippen LogP contribution in [-0.2, 0) is 4.79 Å². The number of anilines is 2. The monoisotopic (exact) mass is 409 g/mol. The third kappa shape index (κ3) is 3.45. The standard InChI is InChI=1S/C21H20FN5O3/c1-12-18(20(28)26-16-10-15(29-2)8-9-17(16)30-3)19(13-4-6-14(22)7-5-13)27-21(25-12)23-11-24-27/h4-11,19H,1-3H3,(H,26,28)(H,23,24,25). The van der Waals surface area contributed by atoms with Crippen LogP contribution in [0.5, 0.6) is 11.5 Å². The van der Waals surface area contributed by atoms with Gasteiger partial charge in [-0.25, -0.2) is 9.07 Å². The molecule has 2 aromatic carbocycles. The van der Waals surface area contributed by atoms with Crippen LogP contribution in [0.1, 0.15) is 18.5 Å². The van der Waals surface area contributed by atoms with Crippen LogP contribution in [0.25, 0.3) is 0 Å². The lowest BCUT2D eigenvalue weighted by atomic mass is 9.95. The van der Waals surface area contributed by atoms with Crippen molar-refractivity contribution in [2.75, 3.05) is 24.9 Å². The second-order valence-electron chi connectivity index (χ2n) is 6.67. The van der Waals surface area contributed by atoms with Gasteiger partial charge in [-0.3, -0.25) is 4.79 Å². The highest BCUT2D eigenvalue weighted by molar-refractivity contribution is 6.06. The van der Waals surface area contributed by atoms with E-state index < -0.39 is 6.04 Å². The fourth-order valence-corrected chi connectivity index (χ4v) is 3.44. The maximum Gasteiger partial charge on any atom is 0.255 e. The molecule has 0 spiro atoms. The number of ether oxygens (including phenoxy) is 2. The van der Waals surface area contributed by atoms with E-state index in [4.69, 9.17) is 9.47 Å². The van der Waals surface area contributed by atoms with Crippen molar-refractivity contribution in [2.24, 2.45) is 0 Å². The molecule has 2 heterocycles. The van der Waals surface area contributed by atoms with Gasteiger partial charge >= 0.3 is 0 Å². The minimum atomic E-state index is -0.582. The van der Waals surface area contributed by atoms with E-state index in [1.165, 1.54) is 25.6 Å². The Kier molecular flexibility index (Phi) is 5.09. The first kappa shape index (κ1) is 19.4. The number of rotatable bonds is 5. The molecule has 2 N–H and O–H groups in total. The van der Waals surface area contributed by atoms with Gasteiger partial charge in [-0.1, -0.05) is 12.1 Å². The summed E-state index contributed by atoms with van der Waals surface area (Å²) in [6.07, 6.45) is 1.40. The third-order valence-corrected chi connectivity index (χ3v) is 4.88. The molecule has 3 aromatic rings. The molecule has 1 unspecified atom stereocenters. The number of carbonyl (C=O) groups excluding carboxylic acids is 1. The van der Waals surface area contributed by atoms with Crippen LogP contribution in [0.2, 0.25) is 0 Å². The van der Waals surface area contributed by atoms with Crippen LogP contribution in [-0.4, -0.2) is 34.9 Å². The number of allylic oxidation sites excluding steroid dienone is 1. The highest BCUT2D eigenvalue weighted by Gasteiger charge is 2.33. The van der Waals surface area contributed by atoms with Crippen LogP contribution in [0.4, 0.5) is 16.0 Å². The van der Waals surface area contributed by atoms with E-state index in [2.05, 4.69) is 20.7 Å². The van der Waals surface area contributed by atoms with Crippen LogP contribution in [0.3, 0.4) is 0 Å². The molecule has 1 aromatic heterocycles. The molecule has 9 heteroatoms. The van der Waals surface area contributed by atoms with E-state index in [0.29, 0.717) is 40.0 Å². The van der Waals surface area contributed by atoms with Gasteiger partial charge in [0.15, 0.2) is 0 Å². The van der Waals surface area contributed by atoms with Crippen molar-refractivity contribution in [3.05, 3.63) is 71.4 Å². The Balaban J connectivity index is 1.75. The smallest absolute Gasteiger partial charge is 0.255 e. The Labute approximate surface area is 172 Å². The molecule has 0 saturated heterocycles. The van der Waals surface area contributed by atoms with E-state index in [1.807, 2.05) is 0 Å². The zero-order chi connectivity index (χ0) is 21.3. The van der Waals surface area contributed by atoms with Crippen molar-refractivity contribution in [1.82, 2.24) is 14.8 Å². The van der Waals surface area contributed by atoms with Crippen LogP contribution < -0.4 is 20.1 Å². The average Bonchev–Trinajstić information content (AvgIpc) is 3.21. The number of carbonyl (C=O) groups is 1. The maximum atomic E-state index is 13.5. The lowest BCUT2D eigenvalue weighted by Gasteiger charge is -2.29. The SMILES string of the molecule is COc1ccc(OC)c(NC(=O)C2=C(C)Nc3ncnn3C2c2ccc(F)cc2)c1. The molecule has 4 rings (SSSR count). The predicted octanol–water partition coefficient (Wildman–Crippen LogP) is 3.36. The van der Waals surface area contributed by atoms with E-state index in [0.717, 1.165) is 0 Å². The van der Waals surface area contributed by atoms with E-state index in [1.54, 1.807) is 49.0 Å². The predicted molar refractivity (Wildman–Crippen MR) is 109 cm³/mol. The molecule has 1 aliphatic rings. The lowest BCUT2D eigenvalue weighted by molar-refractivity contribution is -0.113. The summed E-state index contributed by atoms with van der Waals surface area (Å²) in [5.74, 6) is 0.844. The van der Waals surface area contributed by atoms with Gasteiger partial charge in [0.2, 0.25) is 5.95 Å². The summed E-state index contributed by atoms with van der Waals surface area (Å²) in [7, 11) is 3.06. The molecule has 0 aliphatic carbocycles. The maximum absolute atomic E-state index is 13.5. The molecule has 0 fully saturated rings. The average molecular weight is 409 g/mol. The number of benzene rings is 2. The van der Waals surface area contributed by atoms with E-state index >= 15 is 0 Å². The summed E-state index contributed by atoms with van der Waals surface area (Å²) in [6.45, 7) is 1.78. The molecule has 0 saturated carbocycles. The van der Waals surface area contributed by atoms with Gasteiger partial charge in [0, 0.05) is 11.8 Å². The van der Waals surface area contributed by atoms with Crippen molar-refractivity contribution in [2.45, 2.75) is 13.0 Å². The van der Waals surface area contributed by atoms with E-state index in [9.17, 15) is 9.18 Å². The Bertz CT molecular complexity index is 1120. The minimum Gasteiger partial charge on any atom is -0.497 e. The second-order valence-corrected chi connectivity index (χ2v) is 6.67. The molecular weight excluding hydrogens is 389 g/mol. The first-order valence-corrected chi connectivity index (χ1v) is 9.18. The van der Waals surface area contributed by atoms with E-state index in [-0.39, 0.29) is 11.7 Å². The van der Waals surface area contributed by atoms with Crippen molar-refractivity contribution in [1.29, 1.82) is 0 Å². The summed E-state index contributed by atoms with van der Waals surface area (Å²) >= 11 is 0. The number of nitrogens with zero attached hydrogens (tertiary/aromatic N) is 3. The number of methoxy groups -OCH3 is 2. The summed E-state index contributed by atoms with van der Waals surface area (Å²) in [6, 6.07) is 10.5. The first-order chi connectivity index (χ1) is 14.5. The van der Waals surface area contributed by atoms with Gasteiger partial charge in [-0.05, 0) is 36.8 Å². The van der Waals surface area contributed by atoms with Crippen LogP contribution in [0, 0.1) is 5.82 Å². The molecule has 8 nitrogen and oxygen atoms in total. The molecular formula is C21H20FN5O3. The molecule has 154 valence electrons. The summed E-state index contributed by atoms with van der Waals surface area (Å²) in [5, 5.41) is 10.3. The van der Waals surface area contributed by atoms with Crippen molar-refractivity contribution in [3.8, 4) is 11.5 Å². The first-order valence-electron chi connectivity index (χ1n) is 9.18. The molecule has 30 heavy (non-hydrogen) atoms. The van der Waals surface area contributed by atoms with Crippen LogP contribution >= 0.6 is 0 Å². The Morgan fingerprint density at radius 2 is 1.93 bits per heavy atom. The number of fused-ring (bicyclic) bond motifs is 1. The fourth-order valence-electron chi connectivity index (χ4n) is 3.44. The quantitative estimate of drug-likeness (QED) is 0.672. The Hall–Kier alpha value is -3.88. The zero-order valence-corrected chi connectivity index (χ0v) is 16.6. The fraction of sp³-hybridized carbons (Fsp3) is 0.190. The summed E-state index contributed by atoms with van der Waals surface area (Å²) in [4.78, 5) is 17.6. The molecule has 1 atom stereocenters. The van der Waals surface area contributed by atoms with Crippen molar-refractivity contribution >= 4 is 17.5 Å². The highest BCUT2D eigenvalue weighted by atomic mass is 19.1. The number of aromatic nitrogens is 3. The minimum absolute atomic E-state index is 0.359. The highest BCUT2D eigenvalue weighted by Crippen LogP contribution is 2.36. The molecule has 0 radical (unpaired) electrons. The van der Waals surface area contributed by atoms with Crippen molar-refractivity contribution < 1.29 is 18.7 Å². The molecule has 1 amide bonds. The van der Waals surface area contributed by atoms with Gasteiger partial charge in [0.1, 0.15) is 29.7 Å². The van der Waals surface area contributed by atoms with Crippen molar-refractivity contribution in [3.63, 3.8) is 0 Å². The number of amides is 1. The van der Waals surface area contributed by atoms with Gasteiger partial charge in [-0.2, -0.15) is 10.1 Å². The third-order valence-electron chi connectivity index (χ3n) is 4.88. The van der Waals surface area contributed by atoms with Crippen LogP contribution in [0.15, 0.2) is 60.1 Å². The molecule has 0 bridgehead atoms. The summed E-state index contributed by atoms with van der Waals surface area (Å²) in [5.41, 5.74) is 2.20. The topological polar surface area (TPSA) is 90.3 Å². The van der Waals surface area contributed by atoms with Gasteiger partial charge < -0.3 is 20.1 Å². The van der Waals surface area contributed by atoms with Gasteiger partial charge in [0.25, 0.3) is 5.91 Å². The number of halogens is 1. The number of hydrogen-bond donors (Lipinski definition) is 2. The summed E-state index contributed by atoms with van der Waals surface area (Å²) < 4.78 is 25.7. The normalized spacial score (nSPS) is 15.3. The van der Waals surface area contributed by atoms with Gasteiger partial charge in [0.05, 0.1) is 25.5 Å². The number of hydrogen-bond acceptors (Lipinski definition) is 6. The Morgan fingerprint density at radius 3 is 2.63 bits per heavy atom. The number of nitrogens with one attached hydrogen (secondary N) is 2. The largest absolute Gasteiger partial charge is 0.497 e. The second kappa shape index (κ2) is 7.86.